The summed E-state index contributed by atoms with van der Waals surface area (Å²) in [5, 5.41) is 6.41. The van der Waals surface area contributed by atoms with Gasteiger partial charge in [0.1, 0.15) is 11.5 Å². The second kappa shape index (κ2) is 4.48. The SMILES string of the molecule is Cc1c(C(=O)Nc2c(N)cccc2F)cnn1C. The van der Waals surface area contributed by atoms with Crippen LogP contribution in [0.2, 0.25) is 0 Å². The third-order valence-corrected chi connectivity index (χ3v) is 2.76. The van der Waals surface area contributed by atoms with Gasteiger partial charge in [-0.25, -0.2) is 4.39 Å². The minimum Gasteiger partial charge on any atom is -0.397 e. The van der Waals surface area contributed by atoms with E-state index in [1.165, 1.54) is 24.4 Å². The van der Waals surface area contributed by atoms with Crippen molar-refractivity contribution in [3.05, 3.63) is 41.5 Å². The van der Waals surface area contributed by atoms with Crippen molar-refractivity contribution >= 4 is 17.3 Å². The standard InChI is InChI=1S/C12H13FN4O/c1-7-8(6-15-17(7)2)12(18)16-11-9(13)4-3-5-10(11)14/h3-6H,14H2,1-2H3,(H,16,18). The lowest BCUT2D eigenvalue weighted by Crippen LogP contribution is -2.15. The summed E-state index contributed by atoms with van der Waals surface area (Å²) in [6, 6.07) is 4.24. The maximum atomic E-state index is 13.5. The lowest BCUT2D eigenvalue weighted by molar-refractivity contribution is 0.102. The number of nitrogens with one attached hydrogen (secondary N) is 1. The molecule has 0 aliphatic rings. The molecule has 0 unspecified atom stereocenters. The highest BCUT2D eigenvalue weighted by molar-refractivity contribution is 6.06. The van der Waals surface area contributed by atoms with Crippen LogP contribution in [0.5, 0.6) is 0 Å². The number of nitrogens with zero attached hydrogens (tertiary/aromatic N) is 2. The molecule has 5 nitrogen and oxygen atoms in total. The number of carbonyl (C=O) groups excluding carboxylic acids is 1. The van der Waals surface area contributed by atoms with E-state index >= 15 is 0 Å². The van der Waals surface area contributed by atoms with Gasteiger partial charge in [0.2, 0.25) is 0 Å². The predicted molar refractivity (Wildman–Crippen MR) is 66.7 cm³/mol. The molecule has 2 rings (SSSR count). The summed E-state index contributed by atoms with van der Waals surface area (Å²) in [5.41, 5.74) is 6.88. The van der Waals surface area contributed by atoms with E-state index in [2.05, 4.69) is 10.4 Å². The second-order valence-electron chi connectivity index (χ2n) is 3.93. The quantitative estimate of drug-likeness (QED) is 0.794. The summed E-state index contributed by atoms with van der Waals surface area (Å²) in [6.07, 6.45) is 1.43. The molecule has 2 aromatic rings. The molecule has 0 aliphatic heterocycles. The van der Waals surface area contributed by atoms with Crippen molar-refractivity contribution < 1.29 is 9.18 Å². The molecule has 94 valence electrons. The molecule has 0 fully saturated rings. The topological polar surface area (TPSA) is 72.9 Å². The van der Waals surface area contributed by atoms with Crippen LogP contribution in [-0.2, 0) is 7.05 Å². The number of aromatic nitrogens is 2. The van der Waals surface area contributed by atoms with Gasteiger partial charge in [-0.2, -0.15) is 5.10 Å². The highest BCUT2D eigenvalue weighted by atomic mass is 19.1. The van der Waals surface area contributed by atoms with E-state index in [0.29, 0.717) is 11.3 Å². The summed E-state index contributed by atoms with van der Waals surface area (Å²) in [6.45, 7) is 1.76. The Bertz CT molecular complexity index is 586. The average molecular weight is 248 g/mol. The second-order valence-corrected chi connectivity index (χ2v) is 3.93. The number of anilines is 2. The van der Waals surface area contributed by atoms with Gasteiger partial charge in [0.15, 0.2) is 0 Å². The lowest BCUT2D eigenvalue weighted by Gasteiger charge is -2.08. The Labute approximate surface area is 103 Å². The molecule has 1 amide bonds. The third kappa shape index (κ3) is 2.04. The highest BCUT2D eigenvalue weighted by Crippen LogP contribution is 2.22. The number of rotatable bonds is 2. The monoisotopic (exact) mass is 248 g/mol. The number of hydrogen-bond acceptors (Lipinski definition) is 3. The number of aryl methyl sites for hydroxylation is 1. The largest absolute Gasteiger partial charge is 0.397 e. The van der Waals surface area contributed by atoms with Gasteiger partial charge in [0.25, 0.3) is 5.91 Å². The smallest absolute Gasteiger partial charge is 0.259 e. The van der Waals surface area contributed by atoms with Gasteiger partial charge in [0.05, 0.1) is 17.4 Å². The van der Waals surface area contributed by atoms with Crippen molar-refractivity contribution in [2.45, 2.75) is 6.92 Å². The van der Waals surface area contributed by atoms with Crippen molar-refractivity contribution in [1.82, 2.24) is 9.78 Å². The number of hydrogen-bond donors (Lipinski definition) is 2. The maximum Gasteiger partial charge on any atom is 0.259 e. The van der Waals surface area contributed by atoms with Crippen LogP contribution in [0.25, 0.3) is 0 Å². The number of para-hydroxylation sites is 1. The van der Waals surface area contributed by atoms with E-state index in [1.807, 2.05) is 0 Å². The van der Waals surface area contributed by atoms with Gasteiger partial charge in [-0.15, -0.1) is 0 Å². The molecule has 0 bridgehead atoms. The number of nitrogens with two attached hydrogens (primary N) is 1. The van der Waals surface area contributed by atoms with E-state index in [9.17, 15) is 9.18 Å². The first kappa shape index (κ1) is 12.1. The molecular weight excluding hydrogens is 235 g/mol. The van der Waals surface area contributed by atoms with Crippen molar-refractivity contribution in [3.8, 4) is 0 Å². The van der Waals surface area contributed by atoms with Crippen molar-refractivity contribution in [2.24, 2.45) is 7.05 Å². The number of halogens is 1. The predicted octanol–water partition coefficient (Wildman–Crippen LogP) is 1.70. The highest BCUT2D eigenvalue weighted by Gasteiger charge is 2.15. The Balaban J connectivity index is 2.30. The minimum atomic E-state index is -0.565. The van der Waals surface area contributed by atoms with Crippen LogP contribution < -0.4 is 11.1 Å². The lowest BCUT2D eigenvalue weighted by atomic mass is 10.2. The van der Waals surface area contributed by atoms with Crippen LogP contribution >= 0.6 is 0 Å². The van der Waals surface area contributed by atoms with Crippen LogP contribution in [0.15, 0.2) is 24.4 Å². The first-order valence-electron chi connectivity index (χ1n) is 5.34. The van der Waals surface area contributed by atoms with Gasteiger partial charge in [-0.3, -0.25) is 9.48 Å². The Morgan fingerprint density at radius 1 is 1.50 bits per heavy atom. The van der Waals surface area contributed by atoms with E-state index in [-0.39, 0.29) is 11.4 Å². The zero-order chi connectivity index (χ0) is 13.3. The first-order valence-corrected chi connectivity index (χ1v) is 5.34. The van der Waals surface area contributed by atoms with Crippen LogP contribution in [0.1, 0.15) is 16.1 Å². The van der Waals surface area contributed by atoms with Crippen molar-refractivity contribution in [2.75, 3.05) is 11.1 Å². The fourth-order valence-electron chi connectivity index (χ4n) is 1.58. The van der Waals surface area contributed by atoms with Crippen molar-refractivity contribution in [3.63, 3.8) is 0 Å². The summed E-state index contributed by atoms with van der Waals surface area (Å²) in [7, 11) is 1.73. The summed E-state index contributed by atoms with van der Waals surface area (Å²) >= 11 is 0. The number of carbonyl (C=O) groups is 1. The fraction of sp³-hybridized carbons (Fsp3) is 0.167. The van der Waals surface area contributed by atoms with E-state index in [1.54, 1.807) is 18.7 Å². The van der Waals surface area contributed by atoms with Gasteiger partial charge in [-0.05, 0) is 19.1 Å². The molecule has 6 heteroatoms. The average Bonchev–Trinajstić information content (AvgIpc) is 2.65. The molecule has 0 radical (unpaired) electrons. The van der Waals surface area contributed by atoms with E-state index in [4.69, 9.17) is 5.73 Å². The van der Waals surface area contributed by atoms with Gasteiger partial charge >= 0.3 is 0 Å². The summed E-state index contributed by atoms with van der Waals surface area (Å²) in [5.74, 6) is -0.998. The Morgan fingerprint density at radius 2 is 2.22 bits per heavy atom. The molecule has 1 heterocycles. The van der Waals surface area contributed by atoms with Gasteiger partial charge in [0, 0.05) is 12.7 Å². The van der Waals surface area contributed by atoms with E-state index < -0.39 is 11.7 Å². The summed E-state index contributed by atoms with van der Waals surface area (Å²) in [4.78, 5) is 12.0. The maximum absolute atomic E-state index is 13.5. The molecule has 18 heavy (non-hydrogen) atoms. The molecule has 1 aromatic carbocycles. The number of benzene rings is 1. The zero-order valence-corrected chi connectivity index (χ0v) is 10.1. The Kier molecular flexibility index (Phi) is 3.01. The molecule has 0 spiro atoms. The molecule has 0 aliphatic carbocycles. The van der Waals surface area contributed by atoms with Gasteiger partial charge < -0.3 is 11.1 Å². The number of amides is 1. The van der Waals surface area contributed by atoms with Crippen molar-refractivity contribution in [1.29, 1.82) is 0 Å². The summed E-state index contributed by atoms with van der Waals surface area (Å²) < 4.78 is 15.1. The third-order valence-electron chi connectivity index (χ3n) is 2.76. The number of nitrogen functional groups attached to an aromatic ring is 1. The minimum absolute atomic E-state index is 0.00856. The first-order chi connectivity index (χ1) is 8.50. The molecule has 0 saturated carbocycles. The van der Waals surface area contributed by atoms with Crippen LogP contribution in [0.4, 0.5) is 15.8 Å². The zero-order valence-electron chi connectivity index (χ0n) is 10.1. The van der Waals surface area contributed by atoms with E-state index in [0.717, 1.165) is 0 Å². The fourth-order valence-corrected chi connectivity index (χ4v) is 1.58. The molecule has 3 N–H and O–H groups in total. The molecule has 0 saturated heterocycles. The Hall–Kier alpha value is -2.37. The molecule has 0 atom stereocenters. The molecule has 1 aromatic heterocycles. The molecular formula is C12H13FN4O. The van der Waals surface area contributed by atoms with Crippen LogP contribution in [0.3, 0.4) is 0 Å². The van der Waals surface area contributed by atoms with Gasteiger partial charge in [-0.1, -0.05) is 6.07 Å². The van der Waals surface area contributed by atoms with Crippen LogP contribution in [0, 0.1) is 12.7 Å². The Morgan fingerprint density at radius 3 is 2.78 bits per heavy atom. The van der Waals surface area contributed by atoms with Crippen LogP contribution in [-0.4, -0.2) is 15.7 Å². The normalized spacial score (nSPS) is 10.4.